The first kappa shape index (κ1) is 14.3. The van der Waals surface area contributed by atoms with Gasteiger partial charge in [-0.25, -0.2) is 4.98 Å². The zero-order valence-corrected chi connectivity index (χ0v) is 12.7. The summed E-state index contributed by atoms with van der Waals surface area (Å²) in [6, 6.07) is 3.93. The molecule has 2 N–H and O–H groups in total. The fourth-order valence-corrected chi connectivity index (χ4v) is 3.74. The van der Waals surface area contributed by atoms with Crippen LogP contribution in [0.15, 0.2) is 17.5 Å². The minimum absolute atomic E-state index is 0.445. The van der Waals surface area contributed by atoms with Gasteiger partial charge in [0.05, 0.1) is 10.3 Å². The normalized spacial score (nSPS) is 18.3. The van der Waals surface area contributed by atoms with Crippen LogP contribution in [0.2, 0.25) is 0 Å². The Balaban J connectivity index is 1.81. The van der Waals surface area contributed by atoms with E-state index in [1.54, 1.807) is 11.3 Å². The number of thiophene rings is 1. The van der Waals surface area contributed by atoms with E-state index in [0.717, 1.165) is 43.4 Å². The van der Waals surface area contributed by atoms with Crippen molar-refractivity contribution in [3.63, 3.8) is 0 Å². The summed E-state index contributed by atoms with van der Waals surface area (Å²) in [5.41, 5.74) is -0.678. The Labute approximate surface area is 127 Å². The van der Waals surface area contributed by atoms with E-state index in [1.165, 1.54) is 0 Å². The number of carboxylic acids is 1. The molecule has 0 aliphatic heterocycles. The molecule has 0 saturated heterocycles. The summed E-state index contributed by atoms with van der Waals surface area (Å²) < 4.78 is 0. The van der Waals surface area contributed by atoms with E-state index in [1.807, 2.05) is 17.5 Å². The lowest BCUT2D eigenvalue weighted by Crippen LogP contribution is -2.33. The zero-order chi connectivity index (χ0) is 14.7. The van der Waals surface area contributed by atoms with Crippen LogP contribution in [0.4, 0.5) is 0 Å². The van der Waals surface area contributed by atoms with Gasteiger partial charge >= 0.3 is 5.97 Å². The highest BCUT2D eigenvalue weighted by Crippen LogP contribution is 2.38. The highest BCUT2D eigenvalue weighted by Gasteiger charge is 2.39. The molecule has 0 amide bonds. The van der Waals surface area contributed by atoms with Crippen LogP contribution in [0.5, 0.6) is 0 Å². The summed E-state index contributed by atoms with van der Waals surface area (Å²) in [5, 5.41) is 18.8. The SMILES string of the molecule is O=C(O)C1(Cc2nc(-c3cccs3)n[nH]2)CCCCCC1. The number of carboxylic acid groups (broad SMARTS) is 1. The van der Waals surface area contributed by atoms with Crippen molar-refractivity contribution in [2.75, 3.05) is 0 Å². The lowest BCUT2D eigenvalue weighted by molar-refractivity contribution is -0.150. The summed E-state index contributed by atoms with van der Waals surface area (Å²) >= 11 is 1.58. The summed E-state index contributed by atoms with van der Waals surface area (Å²) in [5.74, 6) is 0.648. The van der Waals surface area contributed by atoms with Crippen LogP contribution >= 0.6 is 11.3 Å². The van der Waals surface area contributed by atoms with Gasteiger partial charge in [-0.1, -0.05) is 31.7 Å². The lowest BCUT2D eigenvalue weighted by Gasteiger charge is -2.26. The molecule has 2 aromatic rings. The number of nitrogens with zero attached hydrogens (tertiary/aromatic N) is 2. The molecule has 3 rings (SSSR count). The second-order valence-electron chi connectivity index (χ2n) is 5.76. The van der Waals surface area contributed by atoms with Gasteiger partial charge in [-0.2, -0.15) is 5.10 Å². The number of aromatic amines is 1. The monoisotopic (exact) mass is 305 g/mol. The van der Waals surface area contributed by atoms with Crippen molar-refractivity contribution < 1.29 is 9.90 Å². The summed E-state index contributed by atoms with van der Waals surface area (Å²) in [7, 11) is 0. The van der Waals surface area contributed by atoms with Crippen molar-refractivity contribution in [3.05, 3.63) is 23.3 Å². The number of carbonyl (C=O) groups is 1. The highest BCUT2D eigenvalue weighted by molar-refractivity contribution is 7.13. The molecule has 1 saturated carbocycles. The second-order valence-corrected chi connectivity index (χ2v) is 6.71. The number of aliphatic carboxylic acids is 1. The molecule has 1 aliphatic rings. The van der Waals surface area contributed by atoms with Gasteiger partial charge in [0.2, 0.25) is 0 Å². The maximum absolute atomic E-state index is 11.8. The molecular formula is C15H19N3O2S. The van der Waals surface area contributed by atoms with Crippen LogP contribution < -0.4 is 0 Å². The fourth-order valence-electron chi connectivity index (χ4n) is 3.08. The molecule has 5 nitrogen and oxygen atoms in total. The van der Waals surface area contributed by atoms with Crippen molar-refractivity contribution >= 4 is 17.3 Å². The minimum atomic E-state index is -0.696. The molecule has 1 fully saturated rings. The molecule has 6 heteroatoms. The van der Waals surface area contributed by atoms with Gasteiger partial charge in [-0.3, -0.25) is 9.89 Å². The Kier molecular flexibility index (Phi) is 4.05. The van der Waals surface area contributed by atoms with Crippen molar-refractivity contribution in [1.82, 2.24) is 15.2 Å². The Morgan fingerprint density at radius 2 is 2.10 bits per heavy atom. The average molecular weight is 305 g/mol. The minimum Gasteiger partial charge on any atom is -0.481 e. The molecule has 0 spiro atoms. The molecule has 0 aromatic carbocycles. The molecule has 0 atom stereocenters. The van der Waals surface area contributed by atoms with Crippen LogP contribution in [0.1, 0.15) is 44.3 Å². The van der Waals surface area contributed by atoms with Crippen LogP contribution in [0, 0.1) is 5.41 Å². The number of aromatic nitrogens is 3. The van der Waals surface area contributed by atoms with E-state index in [9.17, 15) is 9.90 Å². The number of H-pyrrole nitrogens is 1. The first-order valence-electron chi connectivity index (χ1n) is 7.38. The van der Waals surface area contributed by atoms with E-state index < -0.39 is 11.4 Å². The molecule has 0 bridgehead atoms. The number of hydrogen-bond donors (Lipinski definition) is 2. The summed E-state index contributed by atoms with van der Waals surface area (Å²) in [6.07, 6.45) is 6.14. The summed E-state index contributed by atoms with van der Waals surface area (Å²) in [6.45, 7) is 0. The first-order valence-corrected chi connectivity index (χ1v) is 8.26. The second kappa shape index (κ2) is 5.97. The van der Waals surface area contributed by atoms with Gasteiger partial charge in [-0.15, -0.1) is 11.3 Å². The van der Waals surface area contributed by atoms with Gasteiger partial charge in [0.25, 0.3) is 0 Å². The number of hydrogen-bond acceptors (Lipinski definition) is 4. The molecule has 1 aliphatic carbocycles. The lowest BCUT2D eigenvalue weighted by atomic mass is 9.77. The van der Waals surface area contributed by atoms with Crippen molar-refractivity contribution in [1.29, 1.82) is 0 Å². The standard InChI is InChI=1S/C15H19N3O2S/c19-14(20)15(7-3-1-2-4-8-15)10-12-16-13(18-17-12)11-6-5-9-21-11/h5-6,9H,1-4,7-8,10H2,(H,19,20)(H,16,17,18). The number of rotatable bonds is 4. The largest absolute Gasteiger partial charge is 0.481 e. The van der Waals surface area contributed by atoms with Gasteiger partial charge < -0.3 is 5.11 Å². The van der Waals surface area contributed by atoms with E-state index in [4.69, 9.17) is 0 Å². The van der Waals surface area contributed by atoms with Gasteiger partial charge in [0.1, 0.15) is 5.82 Å². The highest BCUT2D eigenvalue weighted by atomic mass is 32.1. The molecule has 0 radical (unpaired) electrons. The summed E-state index contributed by atoms with van der Waals surface area (Å²) in [4.78, 5) is 17.3. The Bertz CT molecular complexity index is 598. The quantitative estimate of drug-likeness (QED) is 0.847. The predicted octanol–water partition coefficient (Wildman–Crippen LogP) is 3.50. The molecule has 21 heavy (non-hydrogen) atoms. The molecular weight excluding hydrogens is 286 g/mol. The van der Waals surface area contributed by atoms with Crippen LogP contribution in [-0.4, -0.2) is 26.3 Å². The van der Waals surface area contributed by atoms with E-state index in [-0.39, 0.29) is 0 Å². The predicted molar refractivity (Wildman–Crippen MR) is 81.2 cm³/mol. The Morgan fingerprint density at radius 1 is 1.33 bits per heavy atom. The van der Waals surface area contributed by atoms with Gasteiger partial charge in [-0.05, 0) is 24.3 Å². The molecule has 0 unspecified atom stereocenters. The van der Waals surface area contributed by atoms with Crippen molar-refractivity contribution in [2.45, 2.75) is 44.9 Å². The Hall–Kier alpha value is -1.69. The fraction of sp³-hybridized carbons (Fsp3) is 0.533. The van der Waals surface area contributed by atoms with Crippen LogP contribution in [0.25, 0.3) is 10.7 Å². The van der Waals surface area contributed by atoms with Crippen molar-refractivity contribution in [3.8, 4) is 10.7 Å². The maximum atomic E-state index is 11.8. The first-order chi connectivity index (χ1) is 10.2. The van der Waals surface area contributed by atoms with Crippen molar-refractivity contribution in [2.24, 2.45) is 5.41 Å². The van der Waals surface area contributed by atoms with E-state index in [2.05, 4.69) is 15.2 Å². The Morgan fingerprint density at radius 3 is 2.71 bits per heavy atom. The van der Waals surface area contributed by atoms with Crippen LogP contribution in [-0.2, 0) is 11.2 Å². The maximum Gasteiger partial charge on any atom is 0.310 e. The zero-order valence-electron chi connectivity index (χ0n) is 11.8. The number of nitrogens with one attached hydrogen (secondary N) is 1. The average Bonchev–Trinajstić information content (AvgIpc) is 3.07. The van der Waals surface area contributed by atoms with E-state index >= 15 is 0 Å². The van der Waals surface area contributed by atoms with Gasteiger partial charge in [0.15, 0.2) is 5.82 Å². The third kappa shape index (κ3) is 3.00. The van der Waals surface area contributed by atoms with Crippen LogP contribution in [0.3, 0.4) is 0 Å². The third-order valence-electron chi connectivity index (χ3n) is 4.29. The molecule has 2 aromatic heterocycles. The molecule has 2 heterocycles. The van der Waals surface area contributed by atoms with E-state index in [0.29, 0.717) is 18.1 Å². The molecule has 112 valence electrons. The topological polar surface area (TPSA) is 78.9 Å². The smallest absolute Gasteiger partial charge is 0.310 e. The third-order valence-corrected chi connectivity index (χ3v) is 5.16. The van der Waals surface area contributed by atoms with Gasteiger partial charge in [0, 0.05) is 6.42 Å².